The van der Waals surface area contributed by atoms with Crippen molar-refractivity contribution in [1.29, 1.82) is 0 Å². The summed E-state index contributed by atoms with van der Waals surface area (Å²) in [5.74, 6) is 1.78. The third kappa shape index (κ3) is 2.05. The number of aryl methyl sites for hydroxylation is 2. The van der Waals surface area contributed by atoms with Gasteiger partial charge in [-0.2, -0.15) is 5.10 Å². The molecule has 0 saturated carbocycles. The molecule has 0 aliphatic heterocycles. The van der Waals surface area contributed by atoms with E-state index in [2.05, 4.69) is 40.9 Å². The molecule has 0 aliphatic carbocycles. The number of nitrogens with zero attached hydrogens (tertiary/aromatic N) is 5. The molecule has 0 bridgehead atoms. The molecule has 5 nitrogen and oxygen atoms in total. The summed E-state index contributed by atoms with van der Waals surface area (Å²) in [7, 11) is 4.02. The Labute approximate surface area is 108 Å². The van der Waals surface area contributed by atoms with E-state index in [-0.39, 0.29) is 0 Å². The number of aromatic nitrogens is 4. The molecule has 0 spiro atoms. The highest BCUT2D eigenvalue weighted by Gasteiger charge is 2.18. The van der Waals surface area contributed by atoms with Gasteiger partial charge in [0.05, 0.1) is 11.6 Å². The summed E-state index contributed by atoms with van der Waals surface area (Å²) < 4.78 is 1.80. The molecule has 18 heavy (non-hydrogen) atoms. The molecule has 0 radical (unpaired) electrons. The average Bonchev–Trinajstić information content (AvgIpc) is 2.72. The lowest BCUT2D eigenvalue weighted by Crippen LogP contribution is -2.31. The highest BCUT2D eigenvalue weighted by molar-refractivity contribution is 5.86. The van der Waals surface area contributed by atoms with Gasteiger partial charge in [-0.05, 0) is 19.8 Å². The summed E-state index contributed by atoms with van der Waals surface area (Å²) in [5, 5.41) is 5.30. The fourth-order valence-electron chi connectivity index (χ4n) is 2.39. The van der Waals surface area contributed by atoms with Crippen molar-refractivity contribution in [2.24, 2.45) is 7.05 Å². The van der Waals surface area contributed by atoms with Crippen molar-refractivity contribution in [1.82, 2.24) is 19.7 Å². The maximum atomic E-state index is 4.59. The SMILES string of the molecule is CCC(CC)N(C)c1nc(C)nc2c1cnn2C. The zero-order chi connectivity index (χ0) is 13.3. The van der Waals surface area contributed by atoms with Crippen LogP contribution in [0.15, 0.2) is 6.20 Å². The second-order valence-electron chi connectivity index (χ2n) is 4.68. The van der Waals surface area contributed by atoms with Crippen molar-refractivity contribution in [2.45, 2.75) is 39.7 Å². The fraction of sp³-hybridized carbons (Fsp3) is 0.615. The van der Waals surface area contributed by atoms with Gasteiger partial charge in [0.2, 0.25) is 0 Å². The molecule has 0 N–H and O–H groups in total. The summed E-state index contributed by atoms with van der Waals surface area (Å²) in [4.78, 5) is 11.3. The van der Waals surface area contributed by atoms with Crippen LogP contribution in [-0.2, 0) is 7.05 Å². The highest BCUT2D eigenvalue weighted by atomic mass is 15.3. The number of hydrogen-bond acceptors (Lipinski definition) is 4. The van der Waals surface area contributed by atoms with Crippen molar-refractivity contribution < 1.29 is 0 Å². The molecule has 0 fully saturated rings. The van der Waals surface area contributed by atoms with Crippen LogP contribution in [0.25, 0.3) is 11.0 Å². The third-order valence-electron chi connectivity index (χ3n) is 3.51. The smallest absolute Gasteiger partial charge is 0.163 e. The Morgan fingerprint density at radius 2 is 1.94 bits per heavy atom. The van der Waals surface area contributed by atoms with Crippen LogP contribution < -0.4 is 4.90 Å². The van der Waals surface area contributed by atoms with Gasteiger partial charge in [0.1, 0.15) is 11.6 Å². The Hall–Kier alpha value is -1.65. The third-order valence-corrected chi connectivity index (χ3v) is 3.51. The lowest BCUT2D eigenvalue weighted by Gasteiger charge is -2.27. The van der Waals surface area contributed by atoms with E-state index in [0.717, 1.165) is 35.5 Å². The molecule has 2 rings (SSSR count). The van der Waals surface area contributed by atoms with Crippen LogP contribution in [0.5, 0.6) is 0 Å². The Morgan fingerprint density at radius 3 is 2.56 bits per heavy atom. The van der Waals surface area contributed by atoms with E-state index < -0.39 is 0 Å². The quantitative estimate of drug-likeness (QED) is 0.831. The molecule has 2 heterocycles. The molecule has 5 heteroatoms. The lowest BCUT2D eigenvalue weighted by molar-refractivity contribution is 0.587. The highest BCUT2D eigenvalue weighted by Crippen LogP contribution is 2.25. The lowest BCUT2D eigenvalue weighted by atomic mass is 10.1. The van der Waals surface area contributed by atoms with Crippen LogP contribution in [0.2, 0.25) is 0 Å². The van der Waals surface area contributed by atoms with E-state index in [4.69, 9.17) is 0 Å². The van der Waals surface area contributed by atoms with Crippen LogP contribution in [0.3, 0.4) is 0 Å². The van der Waals surface area contributed by atoms with E-state index in [0.29, 0.717) is 6.04 Å². The molecular formula is C13H21N5. The molecule has 2 aromatic heterocycles. The van der Waals surface area contributed by atoms with Crippen molar-refractivity contribution in [2.75, 3.05) is 11.9 Å². The summed E-state index contributed by atoms with van der Waals surface area (Å²) in [5.41, 5.74) is 0.898. The van der Waals surface area contributed by atoms with Crippen molar-refractivity contribution in [3.8, 4) is 0 Å². The van der Waals surface area contributed by atoms with Gasteiger partial charge in [0, 0.05) is 20.1 Å². The van der Waals surface area contributed by atoms with Gasteiger partial charge in [0.25, 0.3) is 0 Å². The molecule has 0 saturated heterocycles. The molecule has 0 aromatic carbocycles. The van der Waals surface area contributed by atoms with Crippen LogP contribution in [0, 0.1) is 6.92 Å². The molecule has 0 amide bonds. The first-order valence-electron chi connectivity index (χ1n) is 6.47. The zero-order valence-electron chi connectivity index (χ0n) is 11.8. The summed E-state index contributed by atoms with van der Waals surface area (Å²) in [6, 6.07) is 0.503. The molecule has 0 atom stereocenters. The van der Waals surface area contributed by atoms with Crippen molar-refractivity contribution >= 4 is 16.9 Å². The molecular weight excluding hydrogens is 226 g/mol. The Balaban J connectivity index is 2.56. The predicted molar refractivity (Wildman–Crippen MR) is 73.8 cm³/mol. The maximum absolute atomic E-state index is 4.59. The van der Waals surface area contributed by atoms with E-state index in [1.54, 1.807) is 4.68 Å². The van der Waals surface area contributed by atoms with Crippen LogP contribution >= 0.6 is 0 Å². The number of hydrogen-bond donors (Lipinski definition) is 0. The van der Waals surface area contributed by atoms with Crippen LogP contribution in [0.4, 0.5) is 5.82 Å². The molecule has 0 aliphatic rings. The number of rotatable bonds is 4. The second-order valence-corrected chi connectivity index (χ2v) is 4.68. The monoisotopic (exact) mass is 247 g/mol. The second kappa shape index (κ2) is 4.92. The summed E-state index contributed by atoms with van der Waals surface area (Å²) >= 11 is 0. The van der Waals surface area contributed by atoms with Gasteiger partial charge in [0.15, 0.2) is 5.65 Å². The standard InChI is InChI=1S/C13H21N5/c1-6-10(7-2)17(4)12-11-8-14-18(5)13(11)16-9(3)15-12/h8,10H,6-7H2,1-5H3. The van der Waals surface area contributed by atoms with Crippen LogP contribution in [0.1, 0.15) is 32.5 Å². The maximum Gasteiger partial charge on any atom is 0.163 e. The Morgan fingerprint density at radius 1 is 1.28 bits per heavy atom. The fourth-order valence-corrected chi connectivity index (χ4v) is 2.39. The van der Waals surface area contributed by atoms with Gasteiger partial charge in [-0.25, -0.2) is 9.97 Å². The van der Waals surface area contributed by atoms with Crippen molar-refractivity contribution in [3.63, 3.8) is 0 Å². The van der Waals surface area contributed by atoms with Gasteiger partial charge in [-0.1, -0.05) is 13.8 Å². The normalized spacial score (nSPS) is 11.4. The van der Waals surface area contributed by atoms with Gasteiger partial charge in [-0.3, -0.25) is 4.68 Å². The molecule has 0 unspecified atom stereocenters. The first kappa shape index (κ1) is 12.8. The van der Waals surface area contributed by atoms with Gasteiger partial charge >= 0.3 is 0 Å². The number of fused-ring (bicyclic) bond motifs is 1. The van der Waals surface area contributed by atoms with Crippen molar-refractivity contribution in [3.05, 3.63) is 12.0 Å². The van der Waals surface area contributed by atoms with E-state index in [1.165, 1.54) is 0 Å². The number of anilines is 1. The minimum Gasteiger partial charge on any atom is -0.356 e. The molecule has 2 aromatic rings. The zero-order valence-corrected chi connectivity index (χ0v) is 11.8. The Kier molecular flexibility index (Phi) is 3.50. The van der Waals surface area contributed by atoms with E-state index in [1.807, 2.05) is 20.2 Å². The summed E-state index contributed by atoms with van der Waals surface area (Å²) in [6.45, 7) is 6.34. The molecule has 98 valence electrons. The van der Waals surface area contributed by atoms with Crippen LogP contribution in [-0.4, -0.2) is 32.8 Å². The van der Waals surface area contributed by atoms with Gasteiger partial charge in [-0.15, -0.1) is 0 Å². The summed E-state index contributed by atoms with van der Waals surface area (Å²) in [6.07, 6.45) is 4.07. The predicted octanol–water partition coefficient (Wildman–Crippen LogP) is 2.30. The largest absolute Gasteiger partial charge is 0.356 e. The first-order valence-corrected chi connectivity index (χ1v) is 6.47. The van der Waals surface area contributed by atoms with Gasteiger partial charge < -0.3 is 4.90 Å². The van der Waals surface area contributed by atoms with E-state index in [9.17, 15) is 0 Å². The topological polar surface area (TPSA) is 46.8 Å². The first-order chi connectivity index (χ1) is 8.58. The Bertz CT molecular complexity index is 542. The van der Waals surface area contributed by atoms with E-state index >= 15 is 0 Å². The minimum atomic E-state index is 0.503. The minimum absolute atomic E-state index is 0.503. The average molecular weight is 247 g/mol.